The van der Waals surface area contributed by atoms with Crippen molar-refractivity contribution in [2.24, 2.45) is 0 Å². The Morgan fingerprint density at radius 1 is 1.00 bits per heavy atom. The van der Waals surface area contributed by atoms with Crippen molar-refractivity contribution in [1.82, 2.24) is 9.13 Å². The van der Waals surface area contributed by atoms with Crippen LogP contribution in [0.15, 0.2) is 0 Å². The molecule has 0 N–H and O–H groups in total. The Morgan fingerprint density at radius 3 is 1.46 bits per heavy atom. The molecule has 2 amide bonds. The third-order valence-electron chi connectivity index (χ3n) is 2.76. The zero-order chi connectivity index (χ0) is 10.5. The average molecular weight is 202 g/mol. The van der Waals surface area contributed by atoms with Gasteiger partial charge in [-0.05, 0) is 12.1 Å². The van der Waals surface area contributed by atoms with Crippen molar-refractivity contribution in [2.75, 3.05) is 14.1 Å². The monoisotopic (exact) mass is 202 g/mol. The normalized spacial score (nSPS) is 10.8. The summed E-state index contributed by atoms with van der Waals surface area (Å²) in [6.45, 7) is 4.05. The molecular weight excluding hydrogens is 184 g/mol. The molecule has 13 heavy (non-hydrogen) atoms. The van der Waals surface area contributed by atoms with Gasteiger partial charge in [0.2, 0.25) is 12.8 Å². The second kappa shape index (κ2) is 5.01. The summed E-state index contributed by atoms with van der Waals surface area (Å²) in [6, 6.07) is 1.74. The molecular formula is C8H18N2O2Si. The number of carbonyl (C=O) groups excluding carboxylic acids is 2. The maximum atomic E-state index is 10.7. The van der Waals surface area contributed by atoms with Crippen LogP contribution >= 0.6 is 0 Å². The average Bonchev–Trinajstić information content (AvgIpc) is 2.19. The second-order valence-electron chi connectivity index (χ2n) is 3.12. The highest BCUT2D eigenvalue weighted by molar-refractivity contribution is 6.77. The molecule has 0 spiro atoms. The number of amides is 2. The topological polar surface area (TPSA) is 40.6 Å². The van der Waals surface area contributed by atoms with E-state index in [1.165, 1.54) is 0 Å². The molecule has 5 heteroatoms. The maximum Gasteiger partial charge on any atom is 0.267 e. The molecule has 0 aliphatic heterocycles. The van der Waals surface area contributed by atoms with E-state index in [1.54, 1.807) is 23.2 Å². The Labute approximate surface area is 80.7 Å². The van der Waals surface area contributed by atoms with E-state index < -0.39 is 8.40 Å². The van der Waals surface area contributed by atoms with Crippen LogP contribution in [-0.2, 0) is 9.59 Å². The summed E-state index contributed by atoms with van der Waals surface area (Å²) >= 11 is 0. The fraction of sp³-hybridized carbons (Fsp3) is 0.750. The molecule has 0 rings (SSSR count). The highest BCUT2D eigenvalue weighted by Gasteiger charge is 2.38. The summed E-state index contributed by atoms with van der Waals surface area (Å²) in [6.07, 6.45) is 1.64. The lowest BCUT2D eigenvalue weighted by molar-refractivity contribution is -0.115. The fourth-order valence-electron chi connectivity index (χ4n) is 1.69. The number of carbonyl (C=O) groups is 2. The summed E-state index contributed by atoms with van der Waals surface area (Å²) in [7, 11) is 1.49. The minimum atomic E-state index is -2.02. The van der Waals surface area contributed by atoms with E-state index in [-0.39, 0.29) is 0 Å². The quantitative estimate of drug-likeness (QED) is 0.468. The first-order chi connectivity index (χ1) is 6.08. The molecule has 0 aromatic heterocycles. The van der Waals surface area contributed by atoms with Gasteiger partial charge in [0.1, 0.15) is 0 Å². The number of rotatable bonds is 6. The van der Waals surface area contributed by atoms with Gasteiger partial charge in [-0.25, -0.2) is 0 Å². The van der Waals surface area contributed by atoms with Gasteiger partial charge < -0.3 is 9.13 Å². The van der Waals surface area contributed by atoms with E-state index in [0.29, 0.717) is 0 Å². The molecule has 0 aliphatic carbocycles. The van der Waals surface area contributed by atoms with Crippen LogP contribution in [0.1, 0.15) is 13.8 Å². The third kappa shape index (κ3) is 2.09. The van der Waals surface area contributed by atoms with Crippen LogP contribution in [0.5, 0.6) is 0 Å². The van der Waals surface area contributed by atoms with E-state index in [0.717, 1.165) is 24.9 Å². The fourth-order valence-corrected chi connectivity index (χ4v) is 5.08. The molecule has 0 aromatic rings. The smallest absolute Gasteiger partial charge is 0.267 e. The minimum Gasteiger partial charge on any atom is -0.357 e. The minimum absolute atomic E-state index is 0.819. The highest BCUT2D eigenvalue weighted by Crippen LogP contribution is 2.19. The zero-order valence-electron chi connectivity index (χ0n) is 8.78. The largest absolute Gasteiger partial charge is 0.357 e. The molecule has 0 unspecified atom stereocenters. The molecule has 0 saturated heterocycles. The van der Waals surface area contributed by atoms with Crippen molar-refractivity contribution in [1.29, 1.82) is 0 Å². The van der Waals surface area contributed by atoms with Gasteiger partial charge in [-0.1, -0.05) is 13.8 Å². The van der Waals surface area contributed by atoms with Gasteiger partial charge in [0.25, 0.3) is 8.40 Å². The van der Waals surface area contributed by atoms with E-state index in [4.69, 9.17) is 0 Å². The summed E-state index contributed by atoms with van der Waals surface area (Å²) < 4.78 is 3.36. The lowest BCUT2D eigenvalue weighted by Gasteiger charge is -2.40. The van der Waals surface area contributed by atoms with Crippen molar-refractivity contribution in [3.63, 3.8) is 0 Å². The van der Waals surface area contributed by atoms with Crippen molar-refractivity contribution >= 4 is 21.2 Å². The Hall–Kier alpha value is -0.843. The summed E-state index contributed by atoms with van der Waals surface area (Å²) in [4.78, 5) is 21.4. The molecule has 0 aromatic carbocycles. The van der Waals surface area contributed by atoms with Crippen LogP contribution in [0.2, 0.25) is 12.1 Å². The van der Waals surface area contributed by atoms with Crippen molar-refractivity contribution < 1.29 is 9.59 Å². The first-order valence-electron chi connectivity index (χ1n) is 4.45. The molecule has 0 aliphatic rings. The van der Waals surface area contributed by atoms with Crippen LogP contribution in [0.25, 0.3) is 0 Å². The van der Waals surface area contributed by atoms with Gasteiger partial charge in [0.15, 0.2) is 0 Å². The Kier molecular flexibility index (Phi) is 4.69. The first-order valence-corrected chi connectivity index (χ1v) is 6.76. The maximum absolute atomic E-state index is 10.7. The van der Waals surface area contributed by atoms with Crippen molar-refractivity contribution in [2.45, 2.75) is 25.9 Å². The molecule has 0 heterocycles. The molecule has 4 nitrogen and oxygen atoms in total. The predicted octanol–water partition coefficient (Wildman–Crippen LogP) is 0.645. The lowest BCUT2D eigenvalue weighted by Crippen LogP contribution is -2.61. The van der Waals surface area contributed by atoms with E-state index in [9.17, 15) is 9.59 Å². The van der Waals surface area contributed by atoms with Gasteiger partial charge in [0, 0.05) is 14.1 Å². The van der Waals surface area contributed by atoms with Crippen LogP contribution in [0.4, 0.5) is 0 Å². The van der Waals surface area contributed by atoms with E-state index in [2.05, 4.69) is 0 Å². The van der Waals surface area contributed by atoms with Gasteiger partial charge in [-0.2, -0.15) is 0 Å². The SMILES string of the molecule is CC[Si](CC)(N(C)C=O)N(C)C=O. The highest BCUT2D eigenvalue weighted by atomic mass is 28.3. The summed E-state index contributed by atoms with van der Waals surface area (Å²) in [5, 5.41) is 0. The van der Waals surface area contributed by atoms with Crippen molar-refractivity contribution in [3.05, 3.63) is 0 Å². The van der Waals surface area contributed by atoms with E-state index >= 15 is 0 Å². The summed E-state index contributed by atoms with van der Waals surface area (Å²) in [5.41, 5.74) is 0. The summed E-state index contributed by atoms with van der Waals surface area (Å²) in [5.74, 6) is 0. The molecule has 0 radical (unpaired) electrons. The molecule has 76 valence electrons. The zero-order valence-corrected chi connectivity index (χ0v) is 9.78. The Bertz CT molecular complexity index is 167. The molecule has 0 fully saturated rings. The van der Waals surface area contributed by atoms with Crippen LogP contribution in [-0.4, -0.2) is 44.4 Å². The number of hydrogen-bond donors (Lipinski definition) is 0. The van der Waals surface area contributed by atoms with Gasteiger partial charge in [0.05, 0.1) is 0 Å². The number of hydrogen-bond acceptors (Lipinski definition) is 2. The van der Waals surface area contributed by atoms with Crippen molar-refractivity contribution in [3.8, 4) is 0 Å². The van der Waals surface area contributed by atoms with Gasteiger partial charge in [-0.15, -0.1) is 0 Å². The van der Waals surface area contributed by atoms with Crippen LogP contribution in [0, 0.1) is 0 Å². The standard InChI is InChI=1S/C8H18N2O2Si/c1-5-13(6-2,9(3)7-11)10(4)8-12/h7-8H,5-6H2,1-4H3. The van der Waals surface area contributed by atoms with E-state index in [1.807, 2.05) is 13.8 Å². The molecule has 0 atom stereocenters. The first kappa shape index (κ1) is 12.2. The lowest BCUT2D eigenvalue weighted by atomic mass is 10.9. The van der Waals surface area contributed by atoms with Crippen LogP contribution in [0.3, 0.4) is 0 Å². The van der Waals surface area contributed by atoms with Crippen LogP contribution < -0.4 is 0 Å². The Morgan fingerprint density at radius 2 is 1.31 bits per heavy atom. The molecule has 0 bridgehead atoms. The van der Waals surface area contributed by atoms with Gasteiger partial charge >= 0.3 is 0 Å². The predicted molar refractivity (Wildman–Crippen MR) is 54.4 cm³/mol. The third-order valence-corrected chi connectivity index (χ3v) is 7.86. The Balaban J connectivity index is 4.87. The number of nitrogens with zero attached hydrogens (tertiary/aromatic N) is 2. The second-order valence-corrected chi connectivity index (χ2v) is 7.91. The van der Waals surface area contributed by atoms with Gasteiger partial charge in [-0.3, -0.25) is 9.59 Å². The molecule has 0 saturated carbocycles.